The van der Waals surface area contributed by atoms with Gasteiger partial charge in [-0.2, -0.15) is 0 Å². The molecule has 1 aromatic rings. The van der Waals surface area contributed by atoms with E-state index < -0.39 is 0 Å². The lowest BCUT2D eigenvalue weighted by molar-refractivity contribution is 0.0820. The number of piperidine rings is 1. The van der Waals surface area contributed by atoms with Gasteiger partial charge in [0.25, 0.3) is 5.91 Å². The molecule has 4 bridgehead atoms. The normalized spacial score (nSPS) is 27.7. The van der Waals surface area contributed by atoms with Crippen LogP contribution < -0.4 is 0 Å². The Hall–Kier alpha value is -1.48. The summed E-state index contributed by atoms with van der Waals surface area (Å²) >= 11 is 5.87. The maximum atomic E-state index is 12.6. The van der Waals surface area contributed by atoms with Gasteiger partial charge < -0.3 is 9.80 Å². The van der Waals surface area contributed by atoms with Crippen LogP contribution in [0, 0.1) is 11.8 Å². The average Bonchev–Trinajstić information content (AvgIpc) is 2.71. The molecule has 2 atom stereocenters. The minimum absolute atomic E-state index is 0.110. The molecule has 98 valence electrons. The second-order valence-electron chi connectivity index (χ2n) is 5.63. The van der Waals surface area contributed by atoms with Crippen molar-refractivity contribution in [1.82, 2.24) is 9.80 Å². The lowest BCUT2D eigenvalue weighted by atomic mass is 9.84. The molecular formula is C15H15ClN2O. The summed E-state index contributed by atoms with van der Waals surface area (Å²) in [6, 6.07) is 7.18. The fourth-order valence-electron chi connectivity index (χ4n) is 3.59. The molecular weight excluding hydrogens is 260 g/mol. The van der Waals surface area contributed by atoms with Gasteiger partial charge >= 0.3 is 0 Å². The molecule has 0 unspecified atom stereocenters. The van der Waals surface area contributed by atoms with Crippen molar-refractivity contribution in [3.05, 3.63) is 46.7 Å². The zero-order valence-electron chi connectivity index (χ0n) is 10.6. The first kappa shape index (κ1) is 11.4. The number of allylic oxidation sites excluding steroid dienone is 1. The van der Waals surface area contributed by atoms with Gasteiger partial charge in [0, 0.05) is 54.0 Å². The second-order valence-corrected chi connectivity index (χ2v) is 6.06. The summed E-state index contributed by atoms with van der Waals surface area (Å²) in [6.45, 7) is 3.13. The third kappa shape index (κ3) is 1.68. The van der Waals surface area contributed by atoms with Gasteiger partial charge in [0.15, 0.2) is 0 Å². The van der Waals surface area contributed by atoms with Crippen LogP contribution in [-0.2, 0) is 0 Å². The Labute approximate surface area is 117 Å². The Kier molecular flexibility index (Phi) is 2.39. The van der Waals surface area contributed by atoms with Crippen molar-refractivity contribution in [2.45, 2.75) is 6.42 Å². The highest BCUT2D eigenvalue weighted by atomic mass is 35.5. The molecule has 3 nitrogen and oxygen atoms in total. The number of likely N-dealkylation sites (tertiary alicyclic amines) is 1. The van der Waals surface area contributed by atoms with Crippen molar-refractivity contribution in [3.8, 4) is 0 Å². The molecule has 5 rings (SSSR count). The minimum atomic E-state index is 0.110. The van der Waals surface area contributed by atoms with E-state index in [0.29, 0.717) is 16.9 Å². The predicted octanol–water partition coefficient (Wildman–Crippen LogP) is 2.59. The van der Waals surface area contributed by atoms with Gasteiger partial charge in [0.05, 0.1) is 0 Å². The van der Waals surface area contributed by atoms with Crippen LogP contribution in [0.3, 0.4) is 0 Å². The Morgan fingerprint density at radius 2 is 2.00 bits per heavy atom. The summed E-state index contributed by atoms with van der Waals surface area (Å²) in [7, 11) is 0. The van der Waals surface area contributed by atoms with Crippen molar-refractivity contribution >= 4 is 17.5 Å². The molecule has 4 heterocycles. The van der Waals surface area contributed by atoms with Gasteiger partial charge in [0.2, 0.25) is 0 Å². The third-order valence-electron chi connectivity index (χ3n) is 4.53. The molecule has 0 radical (unpaired) electrons. The maximum absolute atomic E-state index is 12.6. The summed E-state index contributed by atoms with van der Waals surface area (Å²) in [4.78, 5) is 16.9. The van der Waals surface area contributed by atoms with E-state index in [1.807, 2.05) is 17.0 Å². The van der Waals surface area contributed by atoms with E-state index in [1.165, 1.54) is 12.1 Å². The van der Waals surface area contributed by atoms with Gasteiger partial charge in [-0.25, -0.2) is 0 Å². The number of amides is 1. The molecule has 1 amide bonds. The number of benzene rings is 1. The fraction of sp³-hybridized carbons (Fsp3) is 0.400. The zero-order valence-corrected chi connectivity index (χ0v) is 11.3. The van der Waals surface area contributed by atoms with E-state index in [4.69, 9.17) is 11.6 Å². The highest BCUT2D eigenvalue weighted by Gasteiger charge is 2.46. The molecule has 0 spiro atoms. The lowest BCUT2D eigenvalue weighted by Crippen LogP contribution is -2.40. The van der Waals surface area contributed by atoms with Crippen LogP contribution >= 0.6 is 11.6 Å². The van der Waals surface area contributed by atoms with Crippen LogP contribution in [0.5, 0.6) is 0 Å². The van der Waals surface area contributed by atoms with Gasteiger partial charge in [0.1, 0.15) is 0 Å². The van der Waals surface area contributed by atoms with E-state index in [2.05, 4.69) is 11.1 Å². The van der Waals surface area contributed by atoms with Crippen molar-refractivity contribution in [2.24, 2.45) is 11.8 Å². The highest BCUT2D eigenvalue weighted by Crippen LogP contribution is 2.43. The maximum Gasteiger partial charge on any atom is 0.258 e. The largest absolute Gasteiger partial charge is 0.376 e. The summed E-state index contributed by atoms with van der Waals surface area (Å²) in [5, 5.41) is 0.668. The standard InChI is InChI=1S/C15H15ClN2O/c16-12-3-1-10(2-4-12)15(19)18-8-11-7-17-6-5-13(11)14(18)9-17/h1-4,9,11,13H,5-8H2/t11-,13-/m1/s1. The molecule has 4 aliphatic heterocycles. The van der Waals surface area contributed by atoms with Crippen LogP contribution in [0.25, 0.3) is 0 Å². The SMILES string of the molecule is O=C(c1ccc(Cl)cc1)N1C[C@H]2CN3C=C1[C@@H]2CC3. The number of nitrogens with zero attached hydrogens (tertiary/aromatic N) is 2. The third-order valence-corrected chi connectivity index (χ3v) is 4.78. The highest BCUT2D eigenvalue weighted by molar-refractivity contribution is 6.30. The molecule has 1 aromatic carbocycles. The average molecular weight is 275 g/mol. The molecule has 0 saturated carbocycles. The Bertz CT molecular complexity index is 566. The summed E-state index contributed by atoms with van der Waals surface area (Å²) in [5.41, 5.74) is 1.95. The lowest BCUT2D eigenvalue weighted by Gasteiger charge is -2.39. The minimum Gasteiger partial charge on any atom is -0.376 e. The fourth-order valence-corrected chi connectivity index (χ4v) is 3.72. The quantitative estimate of drug-likeness (QED) is 0.786. The van der Waals surface area contributed by atoms with E-state index in [-0.39, 0.29) is 5.91 Å². The number of hydrogen-bond acceptors (Lipinski definition) is 2. The van der Waals surface area contributed by atoms with Gasteiger partial charge in [-0.3, -0.25) is 4.79 Å². The number of halogens is 1. The van der Waals surface area contributed by atoms with Crippen molar-refractivity contribution in [2.75, 3.05) is 19.6 Å². The topological polar surface area (TPSA) is 23.6 Å². The monoisotopic (exact) mass is 274 g/mol. The number of carbonyl (C=O) groups is 1. The van der Waals surface area contributed by atoms with Gasteiger partial charge in [-0.1, -0.05) is 11.6 Å². The molecule has 0 aromatic heterocycles. The van der Waals surface area contributed by atoms with Gasteiger partial charge in [-0.05, 0) is 30.7 Å². The van der Waals surface area contributed by atoms with Crippen molar-refractivity contribution in [3.63, 3.8) is 0 Å². The molecule has 19 heavy (non-hydrogen) atoms. The predicted molar refractivity (Wildman–Crippen MR) is 73.7 cm³/mol. The Morgan fingerprint density at radius 1 is 1.21 bits per heavy atom. The smallest absolute Gasteiger partial charge is 0.258 e. The van der Waals surface area contributed by atoms with Crippen molar-refractivity contribution < 1.29 is 4.79 Å². The number of hydrogen-bond donors (Lipinski definition) is 0. The Balaban J connectivity index is 1.65. The van der Waals surface area contributed by atoms with Crippen LogP contribution in [0.15, 0.2) is 36.2 Å². The Morgan fingerprint density at radius 3 is 2.68 bits per heavy atom. The first-order valence-corrected chi connectivity index (χ1v) is 7.13. The number of rotatable bonds is 1. The second kappa shape index (κ2) is 4.01. The van der Waals surface area contributed by atoms with Gasteiger partial charge in [-0.15, -0.1) is 0 Å². The van der Waals surface area contributed by atoms with Crippen molar-refractivity contribution in [1.29, 1.82) is 0 Å². The number of carbonyl (C=O) groups excluding carboxylic acids is 1. The summed E-state index contributed by atoms with van der Waals surface area (Å²) < 4.78 is 0. The van der Waals surface area contributed by atoms with E-state index in [9.17, 15) is 4.79 Å². The van der Waals surface area contributed by atoms with Crippen LogP contribution in [0.4, 0.5) is 0 Å². The number of fused-ring (bicyclic) bond motifs is 1. The van der Waals surface area contributed by atoms with Crippen LogP contribution in [0.2, 0.25) is 5.02 Å². The summed E-state index contributed by atoms with van der Waals surface area (Å²) in [6.07, 6.45) is 3.38. The molecule has 0 aliphatic carbocycles. The van der Waals surface area contributed by atoms with E-state index in [1.54, 1.807) is 12.1 Å². The van der Waals surface area contributed by atoms with E-state index >= 15 is 0 Å². The molecule has 2 fully saturated rings. The van der Waals surface area contributed by atoms with Crippen LogP contribution in [0.1, 0.15) is 16.8 Å². The molecule has 4 heteroatoms. The molecule has 0 N–H and O–H groups in total. The van der Waals surface area contributed by atoms with Crippen LogP contribution in [-0.4, -0.2) is 35.3 Å². The summed E-state index contributed by atoms with van der Waals surface area (Å²) in [5.74, 6) is 1.34. The molecule has 2 saturated heterocycles. The van der Waals surface area contributed by atoms with E-state index in [0.717, 1.165) is 25.2 Å². The first-order valence-electron chi connectivity index (χ1n) is 6.75. The first-order chi connectivity index (χ1) is 9.22. The molecule has 4 aliphatic rings. The zero-order chi connectivity index (χ0) is 13.0.